The number of rotatable bonds is 8. The summed E-state index contributed by atoms with van der Waals surface area (Å²) < 4.78 is 82.7. The molecule has 0 saturated heterocycles. The number of benzene rings is 1. The van der Waals surface area contributed by atoms with Crippen LogP contribution in [0.15, 0.2) is 18.2 Å². The normalized spacial score (nSPS) is 13.3. The number of alkyl halides is 6. The molecule has 0 N–H and O–H groups in total. The Balaban J connectivity index is 2.85. The highest BCUT2D eigenvalue weighted by Crippen LogP contribution is 2.36. The average Bonchev–Trinajstić information content (AvgIpc) is 2.54. The molecule has 0 aromatic heterocycles. The summed E-state index contributed by atoms with van der Waals surface area (Å²) in [5, 5.41) is 0. The van der Waals surface area contributed by atoms with Crippen LogP contribution in [0.1, 0.15) is 43.4 Å². The number of halogens is 6. The first-order chi connectivity index (χ1) is 11.5. The zero-order valence-corrected chi connectivity index (χ0v) is 15.7. The Morgan fingerprint density at radius 2 is 1.32 bits per heavy atom. The van der Waals surface area contributed by atoms with Gasteiger partial charge in [-0.25, -0.2) is 0 Å². The first-order valence-electron chi connectivity index (χ1n) is 8.31. The van der Waals surface area contributed by atoms with E-state index in [4.69, 9.17) is 4.43 Å². The lowest BCUT2D eigenvalue weighted by Gasteiger charge is -2.27. The van der Waals surface area contributed by atoms with E-state index in [-0.39, 0.29) is 18.1 Å². The Labute approximate surface area is 145 Å². The number of unbranched alkanes of at least 4 members (excludes halogenated alkanes) is 1. The van der Waals surface area contributed by atoms with Gasteiger partial charge in [-0.1, -0.05) is 20.3 Å². The third-order valence-electron chi connectivity index (χ3n) is 4.72. The van der Waals surface area contributed by atoms with Crippen molar-refractivity contribution >= 4 is 8.32 Å². The van der Waals surface area contributed by atoms with Gasteiger partial charge in [0.1, 0.15) is 0 Å². The second-order valence-corrected chi connectivity index (χ2v) is 10.9. The summed E-state index contributed by atoms with van der Waals surface area (Å²) in [6.45, 7) is 4.11. The van der Waals surface area contributed by atoms with Gasteiger partial charge in [0, 0.05) is 7.11 Å². The standard InChI is InChI=1S/C17H24F6OSi/c1-4-25(5-2,24-3)9-7-6-8-13-10-14(16(18,19)20)12-15(11-13)17(21,22)23/h10-12H,4-9H2,1-3H3. The van der Waals surface area contributed by atoms with Gasteiger partial charge in [-0.05, 0) is 54.7 Å². The van der Waals surface area contributed by atoms with E-state index in [2.05, 4.69) is 13.8 Å². The average molecular weight is 386 g/mol. The summed E-state index contributed by atoms with van der Waals surface area (Å²) in [6, 6.07) is 4.55. The fourth-order valence-electron chi connectivity index (χ4n) is 2.93. The fraction of sp³-hybridized carbons (Fsp3) is 0.647. The van der Waals surface area contributed by atoms with Gasteiger partial charge < -0.3 is 4.43 Å². The molecule has 0 atom stereocenters. The van der Waals surface area contributed by atoms with Crippen molar-refractivity contribution < 1.29 is 30.8 Å². The third kappa shape index (κ3) is 6.33. The molecule has 0 fully saturated rings. The van der Waals surface area contributed by atoms with Gasteiger partial charge in [-0.3, -0.25) is 0 Å². The Hall–Kier alpha value is -1.02. The molecule has 1 aromatic carbocycles. The minimum atomic E-state index is -4.79. The van der Waals surface area contributed by atoms with Crippen LogP contribution in [0.2, 0.25) is 18.1 Å². The summed E-state index contributed by atoms with van der Waals surface area (Å²) in [6.07, 6.45) is -8.12. The zero-order chi connectivity index (χ0) is 19.3. The monoisotopic (exact) mass is 386 g/mol. The summed E-state index contributed by atoms with van der Waals surface area (Å²) >= 11 is 0. The highest BCUT2D eigenvalue weighted by molar-refractivity contribution is 6.73. The lowest BCUT2D eigenvalue weighted by molar-refractivity contribution is -0.143. The maximum absolute atomic E-state index is 12.8. The molecule has 0 bridgehead atoms. The largest absolute Gasteiger partial charge is 0.420 e. The Bertz CT molecular complexity index is 509. The van der Waals surface area contributed by atoms with Crippen molar-refractivity contribution in [2.45, 2.75) is 63.6 Å². The van der Waals surface area contributed by atoms with E-state index in [0.29, 0.717) is 6.42 Å². The van der Waals surface area contributed by atoms with Crippen molar-refractivity contribution in [3.05, 3.63) is 34.9 Å². The molecule has 144 valence electrons. The van der Waals surface area contributed by atoms with E-state index in [1.165, 1.54) is 0 Å². The van der Waals surface area contributed by atoms with Gasteiger partial charge >= 0.3 is 12.4 Å². The van der Waals surface area contributed by atoms with Crippen LogP contribution in [-0.2, 0) is 23.2 Å². The Kier molecular flexibility index (Phi) is 7.55. The van der Waals surface area contributed by atoms with E-state index >= 15 is 0 Å². The second-order valence-electron chi connectivity index (χ2n) is 6.22. The molecule has 0 aliphatic carbocycles. The number of hydrogen-bond acceptors (Lipinski definition) is 1. The number of aryl methyl sites for hydroxylation is 1. The molecule has 1 nitrogen and oxygen atoms in total. The maximum Gasteiger partial charge on any atom is 0.416 e. The molecule has 0 unspecified atom stereocenters. The van der Waals surface area contributed by atoms with Gasteiger partial charge in [-0.2, -0.15) is 26.3 Å². The van der Waals surface area contributed by atoms with Crippen LogP contribution in [0.4, 0.5) is 26.3 Å². The number of hydrogen-bond donors (Lipinski definition) is 0. The molecule has 8 heteroatoms. The molecular formula is C17H24F6OSi. The van der Waals surface area contributed by atoms with Gasteiger partial charge in [0.25, 0.3) is 0 Å². The zero-order valence-electron chi connectivity index (χ0n) is 14.7. The van der Waals surface area contributed by atoms with Gasteiger partial charge in [0.15, 0.2) is 8.32 Å². The first-order valence-corrected chi connectivity index (χ1v) is 10.8. The van der Waals surface area contributed by atoms with E-state index in [0.717, 1.165) is 36.7 Å². The molecule has 0 aliphatic rings. The molecule has 1 rings (SSSR count). The van der Waals surface area contributed by atoms with Crippen LogP contribution in [0.5, 0.6) is 0 Å². The lowest BCUT2D eigenvalue weighted by atomic mass is 10.0. The first kappa shape index (κ1) is 22.0. The quantitative estimate of drug-likeness (QED) is 0.275. The molecule has 0 spiro atoms. The van der Waals surface area contributed by atoms with Crippen LogP contribution in [0.25, 0.3) is 0 Å². The second kappa shape index (κ2) is 8.57. The van der Waals surface area contributed by atoms with Crippen molar-refractivity contribution in [1.29, 1.82) is 0 Å². The van der Waals surface area contributed by atoms with Crippen molar-refractivity contribution in [3.63, 3.8) is 0 Å². The molecule has 1 aromatic rings. The van der Waals surface area contributed by atoms with E-state index in [1.54, 1.807) is 7.11 Å². The van der Waals surface area contributed by atoms with Crippen molar-refractivity contribution in [1.82, 2.24) is 0 Å². The molecule has 0 heterocycles. The maximum atomic E-state index is 12.8. The molecule has 25 heavy (non-hydrogen) atoms. The molecule has 0 aliphatic heterocycles. The third-order valence-corrected chi connectivity index (χ3v) is 9.43. The summed E-state index contributed by atoms with van der Waals surface area (Å²) in [5.41, 5.74) is -2.43. The van der Waals surface area contributed by atoms with Crippen LogP contribution in [0.3, 0.4) is 0 Å². The minimum Gasteiger partial charge on any atom is -0.420 e. The van der Waals surface area contributed by atoms with Gasteiger partial charge in [0.2, 0.25) is 0 Å². The van der Waals surface area contributed by atoms with Crippen LogP contribution in [0, 0.1) is 0 Å². The Morgan fingerprint density at radius 1 is 0.840 bits per heavy atom. The van der Waals surface area contributed by atoms with Gasteiger partial charge in [-0.15, -0.1) is 0 Å². The highest BCUT2D eigenvalue weighted by atomic mass is 28.4. The highest BCUT2D eigenvalue weighted by Gasteiger charge is 2.36. The molecule has 0 amide bonds. The van der Waals surface area contributed by atoms with Crippen LogP contribution in [-0.4, -0.2) is 15.4 Å². The Morgan fingerprint density at radius 3 is 1.68 bits per heavy atom. The van der Waals surface area contributed by atoms with E-state index in [9.17, 15) is 26.3 Å². The molecule has 0 radical (unpaired) electrons. The van der Waals surface area contributed by atoms with E-state index in [1.807, 2.05) is 0 Å². The van der Waals surface area contributed by atoms with Crippen molar-refractivity contribution in [3.8, 4) is 0 Å². The summed E-state index contributed by atoms with van der Waals surface area (Å²) in [7, 11) is -0.115. The fourth-order valence-corrected chi connectivity index (χ4v) is 5.82. The summed E-state index contributed by atoms with van der Waals surface area (Å²) in [4.78, 5) is 0. The topological polar surface area (TPSA) is 9.23 Å². The van der Waals surface area contributed by atoms with Crippen LogP contribution >= 0.6 is 0 Å². The molecular weight excluding hydrogens is 362 g/mol. The van der Waals surface area contributed by atoms with Gasteiger partial charge in [0.05, 0.1) is 11.1 Å². The lowest BCUT2D eigenvalue weighted by Crippen LogP contribution is -2.34. The predicted octanol–water partition coefficient (Wildman–Crippen LogP) is 6.68. The predicted molar refractivity (Wildman–Crippen MR) is 87.9 cm³/mol. The van der Waals surface area contributed by atoms with Crippen molar-refractivity contribution in [2.24, 2.45) is 0 Å². The van der Waals surface area contributed by atoms with Crippen LogP contribution < -0.4 is 0 Å². The van der Waals surface area contributed by atoms with E-state index < -0.39 is 31.8 Å². The van der Waals surface area contributed by atoms with Crippen molar-refractivity contribution in [2.75, 3.05) is 7.11 Å². The molecule has 0 saturated carbocycles. The summed E-state index contributed by atoms with van der Waals surface area (Å²) in [5.74, 6) is 0. The smallest absolute Gasteiger partial charge is 0.416 e. The SMILES string of the molecule is CC[Si](CC)(CCCCc1cc(C(F)(F)F)cc(C(F)(F)F)c1)OC. The minimum absolute atomic E-state index is 0.0693.